The zero-order valence-electron chi connectivity index (χ0n) is 17.1. The van der Waals surface area contributed by atoms with Gasteiger partial charge in [0.2, 0.25) is 5.76 Å². The number of rotatable bonds is 8. The Morgan fingerprint density at radius 3 is 2.78 bits per heavy atom. The summed E-state index contributed by atoms with van der Waals surface area (Å²) in [7, 11) is 0. The number of carbonyl (C=O) groups is 3. The highest BCUT2D eigenvalue weighted by molar-refractivity contribution is 5.95. The number of carbonyl (C=O) groups excluding carboxylic acids is 3. The van der Waals surface area contributed by atoms with Crippen LogP contribution in [0.25, 0.3) is 0 Å². The van der Waals surface area contributed by atoms with Crippen LogP contribution in [-0.2, 0) is 20.8 Å². The standard InChI is InChI=1S/C21H20N4O7/c1-2-29-20(27)17-14(23-21(28)24-18(17)15-5-3-10-30-15)12-31-19(26)16-7-6-13(32-16)11-25-9-4-8-22-25/h3-10,18H,2,11-12H2,1H3,(H2,23,24,28). The lowest BCUT2D eigenvalue weighted by atomic mass is 10.0. The van der Waals surface area contributed by atoms with Gasteiger partial charge in [0.1, 0.15) is 24.2 Å². The number of furan rings is 2. The van der Waals surface area contributed by atoms with Crippen molar-refractivity contribution in [3.8, 4) is 0 Å². The summed E-state index contributed by atoms with van der Waals surface area (Å²) in [6.45, 7) is 1.75. The molecule has 2 N–H and O–H groups in total. The number of nitrogens with zero attached hydrogens (tertiary/aromatic N) is 2. The lowest BCUT2D eigenvalue weighted by molar-refractivity contribution is -0.139. The molecule has 0 fully saturated rings. The van der Waals surface area contributed by atoms with E-state index in [1.165, 1.54) is 12.3 Å². The second-order valence-corrected chi connectivity index (χ2v) is 6.71. The Bertz CT molecular complexity index is 1130. The van der Waals surface area contributed by atoms with Crippen LogP contribution in [0.15, 0.2) is 69.1 Å². The number of hydrogen-bond donors (Lipinski definition) is 2. The number of amides is 2. The molecule has 11 heteroatoms. The third-order valence-corrected chi connectivity index (χ3v) is 4.56. The van der Waals surface area contributed by atoms with Gasteiger partial charge in [-0.3, -0.25) is 4.68 Å². The smallest absolute Gasteiger partial charge is 0.374 e. The average molecular weight is 440 g/mol. The third kappa shape index (κ3) is 4.56. The van der Waals surface area contributed by atoms with E-state index in [0.29, 0.717) is 18.1 Å². The van der Waals surface area contributed by atoms with Crippen LogP contribution in [0.2, 0.25) is 0 Å². The van der Waals surface area contributed by atoms with Crippen molar-refractivity contribution in [1.82, 2.24) is 20.4 Å². The second kappa shape index (κ2) is 9.25. The molecule has 0 spiro atoms. The fourth-order valence-electron chi connectivity index (χ4n) is 3.19. The van der Waals surface area contributed by atoms with Crippen LogP contribution in [0.1, 0.15) is 35.0 Å². The van der Waals surface area contributed by atoms with Crippen LogP contribution in [0, 0.1) is 0 Å². The predicted octanol–water partition coefficient (Wildman–Crippen LogP) is 2.15. The highest BCUT2D eigenvalue weighted by atomic mass is 16.5. The van der Waals surface area contributed by atoms with Crippen molar-refractivity contribution in [2.45, 2.75) is 19.5 Å². The third-order valence-electron chi connectivity index (χ3n) is 4.56. The molecule has 1 unspecified atom stereocenters. The molecule has 1 aliphatic rings. The maximum absolute atomic E-state index is 12.6. The minimum atomic E-state index is -0.893. The number of hydrogen-bond acceptors (Lipinski definition) is 8. The van der Waals surface area contributed by atoms with Gasteiger partial charge < -0.3 is 28.9 Å². The minimum absolute atomic E-state index is 0.0201. The molecule has 4 rings (SSSR count). The molecule has 2 amide bonds. The molecule has 4 heterocycles. The quantitative estimate of drug-likeness (QED) is 0.508. The maximum Gasteiger partial charge on any atom is 0.374 e. The van der Waals surface area contributed by atoms with Crippen molar-refractivity contribution in [2.75, 3.05) is 13.2 Å². The summed E-state index contributed by atoms with van der Waals surface area (Å²) in [5.74, 6) is -0.601. The van der Waals surface area contributed by atoms with Gasteiger partial charge in [0.05, 0.1) is 30.7 Å². The van der Waals surface area contributed by atoms with E-state index in [4.69, 9.17) is 18.3 Å². The van der Waals surface area contributed by atoms with Gasteiger partial charge >= 0.3 is 18.0 Å². The predicted molar refractivity (Wildman–Crippen MR) is 107 cm³/mol. The Morgan fingerprint density at radius 1 is 1.19 bits per heavy atom. The number of esters is 2. The van der Waals surface area contributed by atoms with E-state index in [2.05, 4.69) is 15.7 Å². The largest absolute Gasteiger partial charge is 0.467 e. The van der Waals surface area contributed by atoms with Crippen LogP contribution in [0.4, 0.5) is 4.79 Å². The molecule has 1 aliphatic heterocycles. The molecule has 166 valence electrons. The van der Waals surface area contributed by atoms with Crippen molar-refractivity contribution in [2.24, 2.45) is 0 Å². The topological polar surface area (TPSA) is 138 Å². The van der Waals surface area contributed by atoms with Crippen LogP contribution in [-0.4, -0.2) is 41.0 Å². The van der Waals surface area contributed by atoms with Crippen molar-refractivity contribution in [1.29, 1.82) is 0 Å². The Balaban J connectivity index is 1.51. The molecule has 11 nitrogen and oxygen atoms in total. The molecule has 0 saturated heterocycles. The zero-order valence-corrected chi connectivity index (χ0v) is 17.1. The Morgan fingerprint density at radius 2 is 2.06 bits per heavy atom. The van der Waals surface area contributed by atoms with Gasteiger partial charge in [-0.1, -0.05) is 0 Å². The van der Waals surface area contributed by atoms with Gasteiger partial charge in [-0.2, -0.15) is 5.10 Å². The van der Waals surface area contributed by atoms with E-state index >= 15 is 0 Å². The summed E-state index contributed by atoms with van der Waals surface area (Å²) in [4.78, 5) is 37.2. The van der Waals surface area contributed by atoms with E-state index in [9.17, 15) is 14.4 Å². The van der Waals surface area contributed by atoms with Crippen LogP contribution in [0.5, 0.6) is 0 Å². The lowest BCUT2D eigenvalue weighted by Crippen LogP contribution is -2.47. The normalized spacial score (nSPS) is 15.8. The van der Waals surface area contributed by atoms with Crippen LogP contribution in [0.3, 0.4) is 0 Å². The van der Waals surface area contributed by atoms with E-state index < -0.39 is 24.0 Å². The zero-order chi connectivity index (χ0) is 22.5. The van der Waals surface area contributed by atoms with Gasteiger partial charge in [0, 0.05) is 12.4 Å². The summed E-state index contributed by atoms with van der Waals surface area (Å²) in [5, 5.41) is 9.19. The first-order valence-corrected chi connectivity index (χ1v) is 9.79. The number of aromatic nitrogens is 2. The van der Waals surface area contributed by atoms with Crippen molar-refractivity contribution in [3.05, 3.63) is 77.5 Å². The van der Waals surface area contributed by atoms with Crippen molar-refractivity contribution >= 4 is 18.0 Å². The summed E-state index contributed by atoms with van der Waals surface area (Å²) < 4.78 is 22.9. The number of nitrogens with one attached hydrogen (secondary N) is 2. The van der Waals surface area contributed by atoms with Gasteiger partial charge in [0.15, 0.2) is 0 Å². The fourth-order valence-corrected chi connectivity index (χ4v) is 3.19. The lowest BCUT2D eigenvalue weighted by Gasteiger charge is -2.27. The first-order chi connectivity index (χ1) is 15.5. The fraction of sp³-hybridized carbons (Fsp3) is 0.238. The van der Waals surface area contributed by atoms with E-state index in [1.807, 2.05) is 0 Å². The average Bonchev–Trinajstić information content (AvgIpc) is 3.54. The Kier molecular flexibility index (Phi) is 6.06. The molecule has 0 bridgehead atoms. The van der Waals surface area contributed by atoms with E-state index in [-0.39, 0.29) is 30.2 Å². The molecule has 3 aromatic heterocycles. The van der Waals surface area contributed by atoms with Crippen LogP contribution >= 0.6 is 0 Å². The summed E-state index contributed by atoms with van der Waals surface area (Å²) in [6, 6.07) is 6.67. The maximum atomic E-state index is 12.6. The molecule has 0 aliphatic carbocycles. The summed E-state index contributed by atoms with van der Waals surface area (Å²) in [6.07, 6.45) is 4.82. The molecule has 1 atom stereocenters. The number of ether oxygens (including phenoxy) is 2. The molecule has 0 radical (unpaired) electrons. The Hall–Kier alpha value is -4.28. The first kappa shape index (κ1) is 21.0. The van der Waals surface area contributed by atoms with Gasteiger partial charge in [0.25, 0.3) is 0 Å². The SMILES string of the molecule is CCOC(=O)C1=C(COC(=O)c2ccc(Cn3cccn3)o2)NC(=O)NC1c1ccco1. The number of urea groups is 1. The Labute approximate surface area is 182 Å². The van der Waals surface area contributed by atoms with E-state index in [1.54, 1.807) is 48.3 Å². The van der Waals surface area contributed by atoms with Gasteiger partial charge in [-0.25, -0.2) is 14.4 Å². The van der Waals surface area contributed by atoms with Gasteiger partial charge in [-0.15, -0.1) is 0 Å². The monoisotopic (exact) mass is 440 g/mol. The molecule has 32 heavy (non-hydrogen) atoms. The minimum Gasteiger partial charge on any atom is -0.467 e. The summed E-state index contributed by atoms with van der Waals surface area (Å²) >= 11 is 0. The highest BCUT2D eigenvalue weighted by Crippen LogP contribution is 2.28. The molecule has 0 aromatic carbocycles. The first-order valence-electron chi connectivity index (χ1n) is 9.79. The molecular formula is C21H20N4O7. The van der Waals surface area contributed by atoms with E-state index in [0.717, 1.165) is 0 Å². The molecule has 0 saturated carbocycles. The van der Waals surface area contributed by atoms with Crippen molar-refractivity contribution < 1.29 is 32.7 Å². The second-order valence-electron chi connectivity index (χ2n) is 6.71. The molecular weight excluding hydrogens is 420 g/mol. The highest BCUT2D eigenvalue weighted by Gasteiger charge is 2.35. The van der Waals surface area contributed by atoms with Crippen LogP contribution < -0.4 is 10.6 Å². The van der Waals surface area contributed by atoms with Gasteiger partial charge in [-0.05, 0) is 37.3 Å². The van der Waals surface area contributed by atoms with Crippen molar-refractivity contribution in [3.63, 3.8) is 0 Å². The molecule has 3 aromatic rings. The summed E-state index contributed by atoms with van der Waals surface area (Å²) in [5.41, 5.74) is 0.165.